The van der Waals surface area contributed by atoms with Gasteiger partial charge in [0.15, 0.2) is 0 Å². The molecule has 0 saturated heterocycles. The lowest BCUT2D eigenvalue weighted by Crippen LogP contribution is -2.09. The Morgan fingerprint density at radius 3 is 1.71 bits per heavy atom. The third-order valence-corrected chi connectivity index (χ3v) is 14.1. The van der Waals surface area contributed by atoms with Crippen molar-refractivity contribution in [3.8, 4) is 27.9 Å². The number of nitrogens with zero attached hydrogens (tertiary/aromatic N) is 2. The summed E-state index contributed by atoms with van der Waals surface area (Å²) >= 11 is 1.87. The summed E-state index contributed by atoms with van der Waals surface area (Å²) in [7, 11) is 0. The molecule has 13 rings (SSSR count). The van der Waals surface area contributed by atoms with Crippen molar-refractivity contribution in [1.82, 2.24) is 4.57 Å². The summed E-state index contributed by atoms with van der Waals surface area (Å²) in [5.41, 5.74) is 11.8. The predicted octanol–water partition coefficient (Wildman–Crippen LogP) is 17.4. The van der Waals surface area contributed by atoms with E-state index >= 15 is 0 Å². The number of thiophene rings is 1. The molecule has 0 aliphatic rings. The van der Waals surface area contributed by atoms with E-state index in [-0.39, 0.29) is 0 Å². The second-order valence-electron chi connectivity index (χ2n) is 16.5. The lowest BCUT2D eigenvalue weighted by atomic mass is 9.98. The van der Waals surface area contributed by atoms with Gasteiger partial charge in [0.05, 0.1) is 11.0 Å². The molecule has 0 saturated carbocycles. The average Bonchev–Trinajstić information content (AvgIpc) is 3.91. The molecule has 294 valence electrons. The van der Waals surface area contributed by atoms with Gasteiger partial charge in [-0.3, -0.25) is 0 Å². The third-order valence-electron chi connectivity index (χ3n) is 13.0. The normalized spacial score (nSPS) is 11.8. The third kappa shape index (κ3) is 5.78. The van der Waals surface area contributed by atoms with E-state index in [0.29, 0.717) is 0 Å². The lowest BCUT2D eigenvalue weighted by molar-refractivity contribution is 1.19. The van der Waals surface area contributed by atoms with Crippen molar-refractivity contribution in [2.75, 3.05) is 4.90 Å². The Balaban J connectivity index is 0.939. The van der Waals surface area contributed by atoms with E-state index in [0.717, 1.165) is 22.7 Å². The zero-order valence-corrected chi connectivity index (χ0v) is 35.1. The molecule has 0 atom stereocenters. The monoisotopic (exact) mass is 818 g/mol. The average molecular weight is 819 g/mol. The minimum atomic E-state index is 1.10. The van der Waals surface area contributed by atoms with Gasteiger partial charge in [-0.15, -0.1) is 11.3 Å². The highest BCUT2D eigenvalue weighted by Gasteiger charge is 2.19. The number of anilines is 3. The molecule has 0 amide bonds. The van der Waals surface area contributed by atoms with Gasteiger partial charge in [0, 0.05) is 59.1 Å². The molecule has 11 aromatic carbocycles. The molecule has 2 aromatic heterocycles. The van der Waals surface area contributed by atoms with Crippen LogP contribution in [-0.2, 0) is 0 Å². The van der Waals surface area contributed by atoms with E-state index in [1.807, 2.05) is 11.3 Å². The fraction of sp³-hybridized carbons (Fsp3) is 0. The molecule has 63 heavy (non-hydrogen) atoms. The molecule has 3 heteroatoms. The first-order valence-electron chi connectivity index (χ1n) is 21.6. The van der Waals surface area contributed by atoms with E-state index in [1.165, 1.54) is 96.5 Å². The van der Waals surface area contributed by atoms with Crippen LogP contribution in [-0.4, -0.2) is 4.57 Å². The van der Waals surface area contributed by atoms with Crippen LogP contribution in [0.25, 0.3) is 102 Å². The van der Waals surface area contributed by atoms with Crippen molar-refractivity contribution in [2.45, 2.75) is 0 Å². The summed E-state index contributed by atoms with van der Waals surface area (Å²) in [5.74, 6) is 0. The maximum absolute atomic E-state index is 2.44. The maximum atomic E-state index is 2.44. The van der Waals surface area contributed by atoms with E-state index < -0.39 is 0 Å². The number of hydrogen-bond donors (Lipinski definition) is 0. The molecular weight excluding hydrogens is 781 g/mol. The van der Waals surface area contributed by atoms with E-state index in [2.05, 4.69) is 240 Å². The molecule has 0 unspecified atom stereocenters. The van der Waals surface area contributed by atoms with Crippen LogP contribution in [0.4, 0.5) is 17.1 Å². The van der Waals surface area contributed by atoms with Crippen molar-refractivity contribution in [3.63, 3.8) is 0 Å². The molecule has 0 fully saturated rings. The van der Waals surface area contributed by atoms with Crippen LogP contribution in [0.1, 0.15) is 0 Å². The Hall–Kier alpha value is -7.98. The van der Waals surface area contributed by atoms with Crippen LogP contribution < -0.4 is 4.90 Å². The van der Waals surface area contributed by atoms with Crippen molar-refractivity contribution < 1.29 is 0 Å². The molecule has 2 heterocycles. The Labute approximate surface area is 368 Å². The number of para-hydroxylation sites is 1. The first-order valence-corrected chi connectivity index (χ1v) is 22.4. The quantitative estimate of drug-likeness (QED) is 0.152. The molecule has 0 aliphatic carbocycles. The van der Waals surface area contributed by atoms with Gasteiger partial charge in [-0.25, -0.2) is 0 Å². The summed E-state index contributed by atoms with van der Waals surface area (Å²) in [5, 5.41) is 12.7. The summed E-state index contributed by atoms with van der Waals surface area (Å²) in [6, 6.07) is 84.7. The second-order valence-corrected chi connectivity index (χ2v) is 17.6. The first kappa shape index (κ1) is 35.7. The van der Waals surface area contributed by atoms with Gasteiger partial charge in [-0.2, -0.15) is 0 Å². The highest BCUT2D eigenvalue weighted by Crippen LogP contribution is 2.43. The molecule has 0 spiro atoms. The molecule has 0 N–H and O–H groups in total. The van der Waals surface area contributed by atoms with Crippen LogP contribution in [0.15, 0.2) is 231 Å². The van der Waals surface area contributed by atoms with Crippen molar-refractivity contribution in [3.05, 3.63) is 231 Å². The maximum Gasteiger partial charge on any atom is 0.0619 e. The summed E-state index contributed by atoms with van der Waals surface area (Å²) in [6.45, 7) is 0. The zero-order valence-electron chi connectivity index (χ0n) is 34.2. The molecule has 0 bridgehead atoms. The zero-order chi connectivity index (χ0) is 41.4. The number of fused-ring (bicyclic) bond motifs is 11. The van der Waals surface area contributed by atoms with Gasteiger partial charge in [0.2, 0.25) is 0 Å². The van der Waals surface area contributed by atoms with Crippen LogP contribution in [0, 0.1) is 0 Å². The van der Waals surface area contributed by atoms with E-state index in [9.17, 15) is 0 Å². The first-order chi connectivity index (χ1) is 31.2. The van der Waals surface area contributed by atoms with Gasteiger partial charge in [-0.1, -0.05) is 164 Å². The Morgan fingerprint density at radius 1 is 0.333 bits per heavy atom. The highest BCUT2D eigenvalue weighted by molar-refractivity contribution is 7.25. The minimum Gasteiger partial charge on any atom is -0.310 e. The Kier molecular flexibility index (Phi) is 8.12. The van der Waals surface area contributed by atoms with Crippen molar-refractivity contribution in [2.24, 2.45) is 0 Å². The standard InChI is InChI=1S/C60H38N2S/c1-2-13-45(14-3-1)62-56-38-43(28-34-53(56)54-35-27-41-12-5-7-16-52(41)60(54)62)39-23-29-46(30-24-39)61(48-33-36-50-44(37-48)22-21-40-11-4-6-15-49(40)50)47-31-25-42(26-32-47)51-18-10-20-58-59(51)55-17-8-9-19-57(55)63-58/h1-38H. The van der Waals surface area contributed by atoms with Crippen LogP contribution in [0.2, 0.25) is 0 Å². The van der Waals surface area contributed by atoms with Crippen molar-refractivity contribution in [1.29, 1.82) is 0 Å². The largest absolute Gasteiger partial charge is 0.310 e. The molecular formula is C60H38N2S. The van der Waals surface area contributed by atoms with Crippen LogP contribution in [0.3, 0.4) is 0 Å². The predicted molar refractivity (Wildman–Crippen MR) is 272 cm³/mol. The summed E-state index contributed by atoms with van der Waals surface area (Å²) in [4.78, 5) is 2.39. The van der Waals surface area contributed by atoms with Crippen LogP contribution >= 0.6 is 11.3 Å². The number of benzene rings is 11. The fourth-order valence-corrected chi connectivity index (χ4v) is 11.1. The summed E-state index contributed by atoms with van der Waals surface area (Å²) < 4.78 is 5.08. The van der Waals surface area contributed by atoms with Gasteiger partial charge in [-0.05, 0) is 116 Å². The topological polar surface area (TPSA) is 8.17 Å². The summed E-state index contributed by atoms with van der Waals surface area (Å²) in [6.07, 6.45) is 0. The minimum absolute atomic E-state index is 1.10. The second kappa shape index (κ2) is 14.3. The smallest absolute Gasteiger partial charge is 0.0619 e. The number of hydrogen-bond acceptors (Lipinski definition) is 2. The van der Waals surface area contributed by atoms with E-state index in [4.69, 9.17) is 0 Å². The SMILES string of the molecule is c1ccc(-n2c3cc(-c4ccc(N(c5ccc(-c6cccc7sc8ccccc8c67)cc5)c5ccc6c(ccc7ccccc76)c5)cc4)ccc3c3ccc4ccccc4c32)cc1. The van der Waals surface area contributed by atoms with Crippen molar-refractivity contribution >= 4 is 103 Å². The van der Waals surface area contributed by atoms with Crippen LogP contribution in [0.5, 0.6) is 0 Å². The Bertz CT molecular complexity index is 3900. The molecule has 13 aromatic rings. The van der Waals surface area contributed by atoms with E-state index in [1.54, 1.807) is 0 Å². The van der Waals surface area contributed by atoms with Gasteiger partial charge >= 0.3 is 0 Å². The number of rotatable bonds is 6. The van der Waals surface area contributed by atoms with Gasteiger partial charge < -0.3 is 9.47 Å². The number of aromatic nitrogens is 1. The van der Waals surface area contributed by atoms with Gasteiger partial charge in [0.25, 0.3) is 0 Å². The molecule has 2 nitrogen and oxygen atoms in total. The molecule has 0 radical (unpaired) electrons. The lowest BCUT2D eigenvalue weighted by Gasteiger charge is -2.26. The highest BCUT2D eigenvalue weighted by atomic mass is 32.1. The fourth-order valence-electron chi connectivity index (χ4n) is 10.00. The van der Waals surface area contributed by atoms with Gasteiger partial charge in [0.1, 0.15) is 0 Å². The molecule has 0 aliphatic heterocycles. The Morgan fingerprint density at radius 2 is 0.905 bits per heavy atom.